The average Bonchev–Trinajstić information content (AvgIpc) is 2.59. The average molecular weight is 355 g/mol. The zero-order valence-electron chi connectivity index (χ0n) is 14.3. The summed E-state index contributed by atoms with van der Waals surface area (Å²) in [6, 6.07) is 6.76. The highest BCUT2D eigenvalue weighted by atomic mass is 19.4. The van der Waals surface area contributed by atoms with E-state index in [0.29, 0.717) is 18.0 Å². The molecule has 0 amide bonds. The Kier molecular flexibility index (Phi) is 6.06. The fourth-order valence-corrected chi connectivity index (χ4v) is 2.19. The molecule has 0 unspecified atom stereocenters. The molecule has 0 radical (unpaired) electrons. The smallest absolute Gasteiger partial charge is 0.421 e. The van der Waals surface area contributed by atoms with E-state index in [1.54, 1.807) is 31.2 Å². The van der Waals surface area contributed by atoms with Crippen LogP contribution in [0.1, 0.15) is 25.8 Å². The number of hydrogen-bond donors (Lipinski definition) is 0. The summed E-state index contributed by atoms with van der Waals surface area (Å²) in [6.07, 6.45) is -3.07. The van der Waals surface area contributed by atoms with Crippen LogP contribution in [-0.4, -0.2) is 30.2 Å². The van der Waals surface area contributed by atoms with E-state index in [0.717, 1.165) is 12.6 Å². The van der Waals surface area contributed by atoms with Crippen molar-refractivity contribution in [2.24, 2.45) is 0 Å². The van der Waals surface area contributed by atoms with Gasteiger partial charge in [-0.3, -0.25) is 0 Å². The second-order valence-electron chi connectivity index (χ2n) is 5.20. The maximum absolute atomic E-state index is 13.4. The van der Waals surface area contributed by atoms with Crippen LogP contribution >= 0.6 is 0 Å². The van der Waals surface area contributed by atoms with Gasteiger partial charge < -0.3 is 14.4 Å². The van der Waals surface area contributed by atoms with Gasteiger partial charge in [0.25, 0.3) is 0 Å². The Bertz CT molecular complexity index is 708. The molecule has 0 N–H and O–H groups in total. The first-order chi connectivity index (χ1) is 11.9. The third-order valence-corrected chi connectivity index (χ3v) is 3.33. The Morgan fingerprint density at radius 2 is 1.84 bits per heavy atom. The molecule has 1 aromatic carbocycles. The van der Waals surface area contributed by atoms with Crippen molar-refractivity contribution in [1.82, 2.24) is 9.97 Å². The number of nitrogens with zero attached hydrogens (tertiary/aromatic N) is 3. The maximum atomic E-state index is 13.4. The number of aromatic nitrogens is 2. The predicted octanol–water partition coefficient (Wildman–Crippen LogP) is 4.45. The van der Waals surface area contributed by atoms with Gasteiger partial charge in [0.15, 0.2) is 5.82 Å². The third kappa shape index (κ3) is 4.52. The summed E-state index contributed by atoms with van der Waals surface area (Å²) < 4.78 is 50.9. The van der Waals surface area contributed by atoms with Crippen molar-refractivity contribution in [3.05, 3.63) is 36.0 Å². The zero-order chi connectivity index (χ0) is 18.4. The molecular formula is C17H20F3N3O2. The molecule has 25 heavy (non-hydrogen) atoms. The van der Waals surface area contributed by atoms with E-state index in [9.17, 15) is 13.2 Å². The first kappa shape index (κ1) is 18.8. The fourth-order valence-electron chi connectivity index (χ4n) is 2.19. The molecule has 0 saturated heterocycles. The first-order valence-electron chi connectivity index (χ1n) is 7.91. The molecule has 0 fully saturated rings. The van der Waals surface area contributed by atoms with Gasteiger partial charge in [-0.05, 0) is 25.5 Å². The molecular weight excluding hydrogens is 335 g/mol. The summed E-state index contributed by atoms with van der Waals surface area (Å²) in [6.45, 7) is 4.38. The standard InChI is InChI=1S/C17H20F3N3O2/c1-4-10-25-14-9-7-6-8-13(14)23(3)15-12(17(18,19)20)11-21-16(22-15)24-5-2/h6-9,11H,4-5,10H2,1-3H3. The van der Waals surface area contributed by atoms with Gasteiger partial charge in [0.1, 0.15) is 11.3 Å². The van der Waals surface area contributed by atoms with Gasteiger partial charge >= 0.3 is 12.2 Å². The second kappa shape index (κ2) is 8.04. The van der Waals surface area contributed by atoms with E-state index in [-0.39, 0.29) is 18.4 Å². The van der Waals surface area contributed by atoms with Crippen LogP contribution in [0.25, 0.3) is 0 Å². The van der Waals surface area contributed by atoms with Crippen LogP contribution in [-0.2, 0) is 6.18 Å². The van der Waals surface area contributed by atoms with Crippen molar-refractivity contribution < 1.29 is 22.6 Å². The van der Waals surface area contributed by atoms with Crippen molar-refractivity contribution in [3.63, 3.8) is 0 Å². The highest BCUT2D eigenvalue weighted by Crippen LogP contribution is 2.40. The Hall–Kier alpha value is -2.51. The minimum Gasteiger partial charge on any atom is -0.491 e. The fraction of sp³-hybridized carbons (Fsp3) is 0.412. The lowest BCUT2D eigenvalue weighted by Gasteiger charge is -2.24. The van der Waals surface area contributed by atoms with Gasteiger partial charge in [-0.1, -0.05) is 19.1 Å². The third-order valence-electron chi connectivity index (χ3n) is 3.33. The van der Waals surface area contributed by atoms with E-state index < -0.39 is 11.7 Å². The van der Waals surface area contributed by atoms with Crippen molar-refractivity contribution in [1.29, 1.82) is 0 Å². The first-order valence-corrected chi connectivity index (χ1v) is 7.91. The Morgan fingerprint density at radius 1 is 1.12 bits per heavy atom. The maximum Gasteiger partial charge on any atom is 0.421 e. The summed E-state index contributed by atoms with van der Waals surface area (Å²) in [7, 11) is 1.50. The summed E-state index contributed by atoms with van der Waals surface area (Å²) in [4.78, 5) is 8.91. The van der Waals surface area contributed by atoms with Crippen LogP contribution in [0, 0.1) is 0 Å². The number of para-hydroxylation sites is 2. The molecule has 0 aliphatic rings. The second-order valence-corrected chi connectivity index (χ2v) is 5.20. The SMILES string of the molecule is CCCOc1ccccc1N(C)c1nc(OCC)ncc1C(F)(F)F. The van der Waals surface area contributed by atoms with E-state index in [2.05, 4.69) is 9.97 Å². The summed E-state index contributed by atoms with van der Waals surface area (Å²) >= 11 is 0. The van der Waals surface area contributed by atoms with Crippen molar-refractivity contribution in [3.8, 4) is 11.8 Å². The van der Waals surface area contributed by atoms with Crippen LogP contribution in [0.2, 0.25) is 0 Å². The molecule has 2 aromatic rings. The number of benzene rings is 1. The van der Waals surface area contributed by atoms with Gasteiger partial charge in [-0.15, -0.1) is 0 Å². The number of alkyl halides is 3. The molecule has 2 rings (SSSR count). The molecule has 0 spiro atoms. The van der Waals surface area contributed by atoms with E-state index in [4.69, 9.17) is 9.47 Å². The molecule has 8 heteroatoms. The van der Waals surface area contributed by atoms with E-state index in [1.807, 2.05) is 6.92 Å². The van der Waals surface area contributed by atoms with Gasteiger partial charge in [-0.25, -0.2) is 4.98 Å². The quantitative estimate of drug-likeness (QED) is 0.734. The van der Waals surface area contributed by atoms with Crippen LogP contribution < -0.4 is 14.4 Å². The van der Waals surface area contributed by atoms with E-state index >= 15 is 0 Å². The van der Waals surface area contributed by atoms with Gasteiger partial charge in [0.2, 0.25) is 0 Å². The van der Waals surface area contributed by atoms with Crippen LogP contribution in [0.3, 0.4) is 0 Å². The highest BCUT2D eigenvalue weighted by Gasteiger charge is 2.37. The monoisotopic (exact) mass is 355 g/mol. The Morgan fingerprint density at radius 3 is 2.48 bits per heavy atom. The van der Waals surface area contributed by atoms with Crippen molar-refractivity contribution in [2.75, 3.05) is 25.2 Å². The zero-order valence-corrected chi connectivity index (χ0v) is 14.3. The van der Waals surface area contributed by atoms with Gasteiger partial charge in [0.05, 0.1) is 18.9 Å². The largest absolute Gasteiger partial charge is 0.491 e. The minimum atomic E-state index is -4.59. The van der Waals surface area contributed by atoms with Gasteiger partial charge in [-0.2, -0.15) is 18.2 Å². The Labute approximate surface area is 144 Å². The normalized spacial score (nSPS) is 11.3. The summed E-state index contributed by atoms with van der Waals surface area (Å²) in [5.74, 6) is 0.190. The highest BCUT2D eigenvalue weighted by molar-refractivity contribution is 5.68. The molecule has 0 bridgehead atoms. The number of hydrogen-bond acceptors (Lipinski definition) is 5. The van der Waals surface area contributed by atoms with Crippen molar-refractivity contribution in [2.45, 2.75) is 26.4 Å². The molecule has 0 aliphatic heterocycles. The molecule has 136 valence electrons. The van der Waals surface area contributed by atoms with Crippen LogP contribution in [0.5, 0.6) is 11.8 Å². The lowest BCUT2D eigenvalue weighted by Crippen LogP contribution is -2.20. The molecule has 0 aliphatic carbocycles. The topological polar surface area (TPSA) is 47.5 Å². The van der Waals surface area contributed by atoms with E-state index in [1.165, 1.54) is 11.9 Å². The lowest BCUT2D eigenvalue weighted by molar-refractivity contribution is -0.137. The molecule has 1 heterocycles. The minimum absolute atomic E-state index is 0.107. The lowest BCUT2D eigenvalue weighted by atomic mass is 10.2. The van der Waals surface area contributed by atoms with Crippen LogP contribution in [0.15, 0.2) is 30.5 Å². The molecule has 1 aromatic heterocycles. The molecule has 5 nitrogen and oxygen atoms in total. The molecule has 0 saturated carbocycles. The summed E-state index contributed by atoms with van der Waals surface area (Å²) in [5.41, 5.74) is -0.466. The number of halogens is 3. The summed E-state index contributed by atoms with van der Waals surface area (Å²) in [5, 5.41) is 0. The number of rotatable bonds is 7. The number of anilines is 2. The van der Waals surface area contributed by atoms with Crippen LogP contribution in [0.4, 0.5) is 24.7 Å². The van der Waals surface area contributed by atoms with Gasteiger partial charge in [0, 0.05) is 13.2 Å². The Balaban J connectivity index is 2.50. The number of ether oxygens (including phenoxy) is 2. The molecule has 0 atom stereocenters. The van der Waals surface area contributed by atoms with Crippen molar-refractivity contribution >= 4 is 11.5 Å². The predicted molar refractivity (Wildman–Crippen MR) is 88.5 cm³/mol.